The molecule has 1 aromatic carbocycles. The van der Waals surface area contributed by atoms with E-state index in [0.29, 0.717) is 31.6 Å². The van der Waals surface area contributed by atoms with Crippen LogP contribution in [-0.2, 0) is 30.8 Å². The lowest BCUT2D eigenvalue weighted by Gasteiger charge is -2.25. The van der Waals surface area contributed by atoms with E-state index in [1.165, 1.54) is 10.4 Å². The van der Waals surface area contributed by atoms with Gasteiger partial charge in [-0.15, -0.1) is 0 Å². The molecule has 0 radical (unpaired) electrons. The van der Waals surface area contributed by atoms with E-state index < -0.39 is 10.0 Å². The third kappa shape index (κ3) is 2.89. The summed E-state index contributed by atoms with van der Waals surface area (Å²) in [6.45, 7) is 0.776. The molecule has 1 aromatic rings. The summed E-state index contributed by atoms with van der Waals surface area (Å²) < 4.78 is 33.3. The van der Waals surface area contributed by atoms with Gasteiger partial charge in [0, 0.05) is 32.2 Å². The van der Waals surface area contributed by atoms with Crippen molar-refractivity contribution in [2.24, 2.45) is 0 Å². The van der Waals surface area contributed by atoms with Gasteiger partial charge in [0.05, 0.1) is 30.1 Å². The number of anilines is 1. The minimum absolute atomic E-state index is 0.0266. The molecule has 140 valence electrons. The maximum Gasteiger partial charge on any atom is 0.243 e. The SMILES string of the molecule is CN1C(=O)CCO[C@H]2CN(S(=O)(=O)c3ccc4c(c3)CCC(=O)N4)C[C@@H]21. The van der Waals surface area contributed by atoms with Crippen molar-refractivity contribution in [3.05, 3.63) is 23.8 Å². The van der Waals surface area contributed by atoms with Crippen LogP contribution in [0, 0.1) is 0 Å². The van der Waals surface area contributed by atoms with Crippen LogP contribution in [0.1, 0.15) is 18.4 Å². The molecule has 0 spiro atoms. The minimum Gasteiger partial charge on any atom is -0.374 e. The fourth-order valence-electron chi connectivity index (χ4n) is 3.78. The molecule has 1 N–H and O–H groups in total. The molecule has 8 nitrogen and oxygen atoms in total. The Hall–Kier alpha value is -1.97. The van der Waals surface area contributed by atoms with Gasteiger partial charge in [0.15, 0.2) is 0 Å². The Balaban J connectivity index is 1.60. The van der Waals surface area contributed by atoms with Crippen molar-refractivity contribution in [2.45, 2.75) is 36.3 Å². The van der Waals surface area contributed by atoms with Crippen LogP contribution in [0.15, 0.2) is 23.1 Å². The van der Waals surface area contributed by atoms with Crippen molar-refractivity contribution in [3.63, 3.8) is 0 Å². The first-order valence-electron chi connectivity index (χ1n) is 8.66. The molecule has 0 aliphatic carbocycles. The van der Waals surface area contributed by atoms with Gasteiger partial charge in [0.1, 0.15) is 0 Å². The fourth-order valence-corrected chi connectivity index (χ4v) is 5.30. The molecule has 4 rings (SSSR count). The average molecular weight is 379 g/mol. The number of benzene rings is 1. The fraction of sp³-hybridized carbons (Fsp3) is 0.529. The summed E-state index contributed by atoms with van der Waals surface area (Å²) in [7, 11) is -1.99. The second kappa shape index (κ2) is 6.33. The number of sulfonamides is 1. The predicted octanol–water partition coefficient (Wildman–Crippen LogP) is 0.192. The summed E-state index contributed by atoms with van der Waals surface area (Å²) in [6.07, 6.45) is 0.895. The number of rotatable bonds is 2. The quantitative estimate of drug-likeness (QED) is 0.791. The topological polar surface area (TPSA) is 96.0 Å². The summed E-state index contributed by atoms with van der Waals surface area (Å²) in [5.74, 6) is -0.0843. The van der Waals surface area contributed by atoms with Crippen molar-refractivity contribution >= 4 is 27.5 Å². The molecule has 2 fully saturated rings. The van der Waals surface area contributed by atoms with Gasteiger partial charge in [-0.2, -0.15) is 4.31 Å². The van der Waals surface area contributed by atoms with E-state index in [9.17, 15) is 18.0 Å². The average Bonchev–Trinajstić information content (AvgIpc) is 3.00. The molecule has 3 aliphatic heterocycles. The number of carbonyl (C=O) groups is 2. The van der Waals surface area contributed by atoms with Crippen LogP contribution in [-0.4, -0.2) is 68.3 Å². The number of likely N-dealkylation sites (N-methyl/N-ethyl adjacent to an activating group) is 1. The number of aryl methyl sites for hydroxylation is 1. The van der Waals surface area contributed by atoms with E-state index in [4.69, 9.17) is 4.74 Å². The summed E-state index contributed by atoms with van der Waals surface area (Å²) in [5.41, 5.74) is 1.49. The van der Waals surface area contributed by atoms with Gasteiger partial charge in [0.25, 0.3) is 0 Å². The van der Waals surface area contributed by atoms with Gasteiger partial charge >= 0.3 is 0 Å². The monoisotopic (exact) mass is 379 g/mol. The second-order valence-electron chi connectivity index (χ2n) is 6.92. The molecular weight excluding hydrogens is 358 g/mol. The van der Waals surface area contributed by atoms with E-state index in [1.54, 1.807) is 24.1 Å². The molecule has 9 heteroatoms. The third-order valence-electron chi connectivity index (χ3n) is 5.35. The molecule has 26 heavy (non-hydrogen) atoms. The first-order valence-corrected chi connectivity index (χ1v) is 10.1. The zero-order valence-corrected chi connectivity index (χ0v) is 15.3. The summed E-state index contributed by atoms with van der Waals surface area (Å²) in [5, 5.41) is 2.75. The van der Waals surface area contributed by atoms with E-state index >= 15 is 0 Å². The van der Waals surface area contributed by atoms with Gasteiger partial charge in [-0.1, -0.05) is 0 Å². The van der Waals surface area contributed by atoms with E-state index in [2.05, 4.69) is 5.32 Å². The highest BCUT2D eigenvalue weighted by Crippen LogP contribution is 2.30. The van der Waals surface area contributed by atoms with Crippen molar-refractivity contribution in [2.75, 3.05) is 32.1 Å². The lowest BCUT2D eigenvalue weighted by atomic mass is 10.0. The number of amides is 2. The van der Waals surface area contributed by atoms with Gasteiger partial charge in [-0.25, -0.2) is 8.42 Å². The lowest BCUT2D eigenvalue weighted by molar-refractivity contribution is -0.131. The first kappa shape index (κ1) is 17.4. The molecule has 2 saturated heterocycles. The van der Waals surface area contributed by atoms with Crippen LogP contribution in [0.5, 0.6) is 0 Å². The summed E-state index contributed by atoms with van der Waals surface area (Å²) in [4.78, 5) is 25.3. The molecule has 2 amide bonds. The zero-order chi connectivity index (χ0) is 18.5. The van der Waals surface area contributed by atoms with Crippen LogP contribution >= 0.6 is 0 Å². The Kier molecular flexibility index (Phi) is 4.25. The first-order chi connectivity index (χ1) is 12.4. The van der Waals surface area contributed by atoms with Crippen LogP contribution in [0.4, 0.5) is 5.69 Å². The highest BCUT2D eigenvalue weighted by atomic mass is 32.2. The number of hydrogen-bond donors (Lipinski definition) is 1. The normalized spacial score (nSPS) is 26.9. The molecule has 0 aromatic heterocycles. The third-order valence-corrected chi connectivity index (χ3v) is 7.18. The van der Waals surface area contributed by atoms with Crippen molar-refractivity contribution in [3.8, 4) is 0 Å². The van der Waals surface area contributed by atoms with Gasteiger partial charge < -0.3 is 15.0 Å². The van der Waals surface area contributed by atoms with Crippen molar-refractivity contribution < 1.29 is 22.7 Å². The second-order valence-corrected chi connectivity index (χ2v) is 8.86. The number of hydrogen-bond acceptors (Lipinski definition) is 5. The maximum atomic E-state index is 13.1. The number of ether oxygens (including phenoxy) is 1. The van der Waals surface area contributed by atoms with Crippen LogP contribution in [0.3, 0.4) is 0 Å². The Bertz CT molecular complexity index is 869. The minimum atomic E-state index is -3.69. The molecule has 3 heterocycles. The summed E-state index contributed by atoms with van der Waals surface area (Å²) >= 11 is 0. The van der Waals surface area contributed by atoms with E-state index in [-0.39, 0.29) is 41.9 Å². The number of nitrogens with one attached hydrogen (secondary N) is 1. The Morgan fingerprint density at radius 2 is 1.96 bits per heavy atom. The number of nitrogens with zero attached hydrogens (tertiary/aromatic N) is 2. The van der Waals surface area contributed by atoms with E-state index in [0.717, 1.165) is 5.56 Å². The lowest BCUT2D eigenvalue weighted by Crippen LogP contribution is -2.43. The molecular formula is C17H21N3O5S. The number of fused-ring (bicyclic) bond motifs is 2. The molecule has 2 atom stereocenters. The standard InChI is InChI=1S/C17H21N3O5S/c1-19-14-9-20(10-15(14)25-7-6-17(19)22)26(23,24)12-3-4-13-11(8-12)2-5-16(21)18-13/h3-4,8,14-15H,2,5-7,9-10H2,1H3,(H,18,21)/t14-,15-/m0/s1. The Morgan fingerprint density at radius 1 is 1.15 bits per heavy atom. The Morgan fingerprint density at radius 3 is 2.77 bits per heavy atom. The molecule has 0 unspecified atom stereocenters. The molecule has 0 saturated carbocycles. The van der Waals surface area contributed by atoms with Crippen LogP contribution in [0.2, 0.25) is 0 Å². The maximum absolute atomic E-state index is 13.1. The Labute approximate surface area is 152 Å². The van der Waals surface area contributed by atoms with Crippen LogP contribution < -0.4 is 5.32 Å². The van der Waals surface area contributed by atoms with Gasteiger partial charge in [0.2, 0.25) is 21.8 Å². The molecule has 0 bridgehead atoms. The van der Waals surface area contributed by atoms with Gasteiger partial charge in [-0.3, -0.25) is 9.59 Å². The zero-order valence-electron chi connectivity index (χ0n) is 14.5. The number of carbonyl (C=O) groups excluding carboxylic acids is 2. The highest BCUT2D eigenvalue weighted by Gasteiger charge is 2.44. The highest BCUT2D eigenvalue weighted by molar-refractivity contribution is 7.89. The van der Waals surface area contributed by atoms with Crippen LogP contribution in [0.25, 0.3) is 0 Å². The predicted molar refractivity (Wildman–Crippen MR) is 93.1 cm³/mol. The van der Waals surface area contributed by atoms with E-state index in [1.807, 2.05) is 0 Å². The van der Waals surface area contributed by atoms with Crippen molar-refractivity contribution in [1.29, 1.82) is 0 Å². The molecule has 3 aliphatic rings. The smallest absolute Gasteiger partial charge is 0.243 e. The summed E-state index contributed by atoms with van der Waals surface area (Å²) in [6, 6.07) is 4.52. The van der Waals surface area contributed by atoms with Gasteiger partial charge in [-0.05, 0) is 30.2 Å². The van der Waals surface area contributed by atoms with Crippen molar-refractivity contribution in [1.82, 2.24) is 9.21 Å². The largest absolute Gasteiger partial charge is 0.374 e.